The zero-order valence-corrected chi connectivity index (χ0v) is 7.72. The first kappa shape index (κ1) is 8.70. The molecular formula is C11H13FO. The van der Waals surface area contributed by atoms with Gasteiger partial charge in [-0.15, -0.1) is 0 Å². The van der Waals surface area contributed by atoms with E-state index in [1.165, 1.54) is 0 Å². The van der Waals surface area contributed by atoms with Crippen molar-refractivity contribution in [3.8, 4) is 0 Å². The number of ether oxygens (including phenoxy) is 1. The molecular weight excluding hydrogens is 167 g/mol. The number of halogens is 1. The van der Waals surface area contributed by atoms with Gasteiger partial charge in [-0.3, -0.25) is 0 Å². The minimum atomic E-state index is -0.0962. The fraction of sp³-hybridized carbons (Fsp3) is 0.455. The molecule has 1 fully saturated rings. The van der Waals surface area contributed by atoms with Crippen LogP contribution in [0.2, 0.25) is 0 Å². The highest BCUT2D eigenvalue weighted by atomic mass is 19.1. The molecule has 1 aromatic carbocycles. The van der Waals surface area contributed by atoms with Gasteiger partial charge in [0.15, 0.2) is 0 Å². The van der Waals surface area contributed by atoms with Gasteiger partial charge < -0.3 is 4.74 Å². The van der Waals surface area contributed by atoms with Crippen LogP contribution < -0.4 is 0 Å². The molecule has 2 rings (SSSR count). The van der Waals surface area contributed by atoms with Crippen LogP contribution in [0.3, 0.4) is 0 Å². The summed E-state index contributed by atoms with van der Waals surface area (Å²) >= 11 is 0. The van der Waals surface area contributed by atoms with Gasteiger partial charge in [-0.05, 0) is 25.0 Å². The van der Waals surface area contributed by atoms with Crippen LogP contribution in [0, 0.1) is 12.7 Å². The molecule has 13 heavy (non-hydrogen) atoms. The second-order valence-electron chi connectivity index (χ2n) is 3.59. The third kappa shape index (κ3) is 1.73. The van der Waals surface area contributed by atoms with Crippen LogP contribution in [0.1, 0.15) is 23.5 Å². The maximum absolute atomic E-state index is 13.4. The zero-order chi connectivity index (χ0) is 9.26. The maximum atomic E-state index is 13.4. The van der Waals surface area contributed by atoms with Gasteiger partial charge in [-0.1, -0.05) is 17.7 Å². The predicted molar refractivity (Wildman–Crippen MR) is 49.3 cm³/mol. The monoisotopic (exact) mass is 180 g/mol. The number of hydrogen-bond donors (Lipinski definition) is 0. The quantitative estimate of drug-likeness (QED) is 0.645. The Morgan fingerprint density at radius 2 is 2.31 bits per heavy atom. The molecule has 0 bridgehead atoms. The first-order valence-electron chi connectivity index (χ1n) is 4.61. The molecule has 0 amide bonds. The Labute approximate surface area is 77.5 Å². The van der Waals surface area contributed by atoms with E-state index < -0.39 is 0 Å². The molecule has 1 unspecified atom stereocenters. The maximum Gasteiger partial charge on any atom is 0.126 e. The van der Waals surface area contributed by atoms with Crippen LogP contribution in [-0.4, -0.2) is 13.2 Å². The second-order valence-corrected chi connectivity index (χ2v) is 3.59. The van der Waals surface area contributed by atoms with E-state index in [0.717, 1.165) is 24.2 Å². The molecule has 2 heteroatoms. The topological polar surface area (TPSA) is 9.23 Å². The molecule has 0 radical (unpaired) electrons. The lowest BCUT2D eigenvalue weighted by Crippen LogP contribution is -2.01. The Hall–Kier alpha value is -0.890. The molecule has 0 spiro atoms. The lowest BCUT2D eigenvalue weighted by molar-refractivity contribution is 0.193. The molecule has 1 aliphatic rings. The standard InChI is InChI=1S/C11H13FO/c1-8-2-3-11(12)10(6-8)9-4-5-13-7-9/h2-3,6,9H,4-5,7H2,1H3. The summed E-state index contributed by atoms with van der Waals surface area (Å²) in [7, 11) is 0. The Balaban J connectivity index is 2.32. The SMILES string of the molecule is Cc1ccc(F)c(C2CCOC2)c1. The minimum Gasteiger partial charge on any atom is -0.381 e. The summed E-state index contributed by atoms with van der Waals surface area (Å²) in [6.45, 7) is 3.41. The molecule has 1 nitrogen and oxygen atoms in total. The Bertz CT molecular complexity index is 303. The van der Waals surface area contributed by atoms with Gasteiger partial charge in [0.05, 0.1) is 6.61 Å². The van der Waals surface area contributed by atoms with Gasteiger partial charge in [-0.2, -0.15) is 0 Å². The summed E-state index contributed by atoms with van der Waals surface area (Å²) in [4.78, 5) is 0. The Kier molecular flexibility index (Phi) is 2.32. The van der Waals surface area contributed by atoms with Crippen molar-refractivity contribution in [3.05, 3.63) is 35.1 Å². The summed E-state index contributed by atoms with van der Waals surface area (Å²) in [5.74, 6) is 0.168. The summed E-state index contributed by atoms with van der Waals surface area (Å²) < 4.78 is 18.6. The van der Waals surface area contributed by atoms with Gasteiger partial charge in [0, 0.05) is 12.5 Å². The molecule has 1 aliphatic heterocycles. The van der Waals surface area contributed by atoms with E-state index >= 15 is 0 Å². The Morgan fingerprint density at radius 3 is 3.00 bits per heavy atom. The molecule has 1 aromatic rings. The highest BCUT2D eigenvalue weighted by molar-refractivity contribution is 5.27. The van der Waals surface area contributed by atoms with E-state index in [1.54, 1.807) is 12.1 Å². The average Bonchev–Trinajstić information content (AvgIpc) is 2.61. The molecule has 0 aromatic heterocycles. The Morgan fingerprint density at radius 1 is 1.46 bits per heavy atom. The van der Waals surface area contributed by atoms with Crippen molar-refractivity contribution in [2.45, 2.75) is 19.3 Å². The lowest BCUT2D eigenvalue weighted by Gasteiger charge is -2.09. The summed E-state index contributed by atoms with van der Waals surface area (Å²) in [5.41, 5.74) is 1.93. The normalized spacial score (nSPS) is 22.2. The van der Waals surface area contributed by atoms with E-state index in [0.29, 0.717) is 6.61 Å². The van der Waals surface area contributed by atoms with Crippen LogP contribution in [0.25, 0.3) is 0 Å². The molecule has 0 aliphatic carbocycles. The van der Waals surface area contributed by atoms with Crippen LogP contribution in [-0.2, 0) is 4.74 Å². The van der Waals surface area contributed by atoms with E-state index in [9.17, 15) is 4.39 Å². The van der Waals surface area contributed by atoms with Crippen molar-refractivity contribution < 1.29 is 9.13 Å². The number of rotatable bonds is 1. The first-order valence-corrected chi connectivity index (χ1v) is 4.61. The van der Waals surface area contributed by atoms with E-state index in [-0.39, 0.29) is 11.7 Å². The number of benzene rings is 1. The molecule has 1 atom stereocenters. The van der Waals surface area contributed by atoms with E-state index in [1.807, 2.05) is 13.0 Å². The van der Waals surface area contributed by atoms with Crippen molar-refractivity contribution in [1.82, 2.24) is 0 Å². The summed E-state index contributed by atoms with van der Waals surface area (Å²) in [6.07, 6.45) is 0.945. The highest BCUT2D eigenvalue weighted by Gasteiger charge is 2.20. The van der Waals surface area contributed by atoms with E-state index in [4.69, 9.17) is 4.74 Å². The molecule has 70 valence electrons. The van der Waals surface area contributed by atoms with Gasteiger partial charge >= 0.3 is 0 Å². The van der Waals surface area contributed by atoms with Crippen molar-refractivity contribution in [2.75, 3.05) is 13.2 Å². The van der Waals surface area contributed by atoms with Crippen LogP contribution in [0.4, 0.5) is 4.39 Å². The lowest BCUT2D eigenvalue weighted by atomic mass is 9.96. The second kappa shape index (κ2) is 3.46. The third-order valence-electron chi connectivity index (χ3n) is 2.52. The smallest absolute Gasteiger partial charge is 0.126 e. The molecule has 0 saturated carbocycles. The van der Waals surface area contributed by atoms with Crippen LogP contribution in [0.15, 0.2) is 18.2 Å². The summed E-state index contributed by atoms with van der Waals surface area (Å²) in [6, 6.07) is 5.27. The average molecular weight is 180 g/mol. The van der Waals surface area contributed by atoms with Gasteiger partial charge in [0.1, 0.15) is 5.82 Å². The summed E-state index contributed by atoms with van der Waals surface area (Å²) in [5, 5.41) is 0. The van der Waals surface area contributed by atoms with E-state index in [2.05, 4.69) is 0 Å². The first-order chi connectivity index (χ1) is 6.27. The predicted octanol–water partition coefficient (Wildman–Crippen LogP) is 2.64. The highest BCUT2D eigenvalue weighted by Crippen LogP contribution is 2.27. The molecule has 1 heterocycles. The van der Waals surface area contributed by atoms with Crippen molar-refractivity contribution >= 4 is 0 Å². The fourth-order valence-corrected chi connectivity index (χ4v) is 1.76. The zero-order valence-electron chi connectivity index (χ0n) is 7.72. The number of aryl methyl sites for hydroxylation is 1. The van der Waals surface area contributed by atoms with Crippen molar-refractivity contribution in [2.24, 2.45) is 0 Å². The van der Waals surface area contributed by atoms with Crippen molar-refractivity contribution in [1.29, 1.82) is 0 Å². The van der Waals surface area contributed by atoms with Crippen molar-refractivity contribution in [3.63, 3.8) is 0 Å². The number of hydrogen-bond acceptors (Lipinski definition) is 1. The molecule has 0 N–H and O–H groups in total. The van der Waals surface area contributed by atoms with Crippen LogP contribution in [0.5, 0.6) is 0 Å². The van der Waals surface area contributed by atoms with Gasteiger partial charge in [0.25, 0.3) is 0 Å². The van der Waals surface area contributed by atoms with Crippen LogP contribution >= 0.6 is 0 Å². The minimum absolute atomic E-state index is 0.0962. The largest absolute Gasteiger partial charge is 0.381 e. The molecule has 1 saturated heterocycles. The third-order valence-corrected chi connectivity index (χ3v) is 2.52. The fourth-order valence-electron chi connectivity index (χ4n) is 1.76. The van der Waals surface area contributed by atoms with Gasteiger partial charge in [-0.25, -0.2) is 4.39 Å². The van der Waals surface area contributed by atoms with Gasteiger partial charge in [0.2, 0.25) is 0 Å².